The van der Waals surface area contributed by atoms with Crippen LogP contribution in [0, 0.1) is 13.8 Å². The number of aryl methyl sites for hydroxylation is 3. The quantitative estimate of drug-likeness (QED) is 0.454. The van der Waals surface area contributed by atoms with E-state index in [-0.39, 0.29) is 11.5 Å². The van der Waals surface area contributed by atoms with Gasteiger partial charge < -0.3 is 14.4 Å². The SMILES string of the molecule is CCn1c(=O)c2cc(C(=O)N3CCN(c4cc(C)ccc4C)CC3)sc2c2ccccc21. The van der Waals surface area contributed by atoms with Crippen molar-refractivity contribution in [3.8, 4) is 0 Å². The highest BCUT2D eigenvalue weighted by Gasteiger charge is 2.25. The molecule has 5 nitrogen and oxygen atoms in total. The van der Waals surface area contributed by atoms with Gasteiger partial charge in [-0.2, -0.15) is 0 Å². The van der Waals surface area contributed by atoms with Crippen LogP contribution in [0.4, 0.5) is 5.69 Å². The maximum Gasteiger partial charge on any atom is 0.264 e. The Morgan fingerprint density at radius 3 is 2.47 bits per heavy atom. The molecule has 3 heterocycles. The smallest absolute Gasteiger partial charge is 0.264 e. The van der Waals surface area contributed by atoms with Crippen LogP contribution in [0.25, 0.3) is 21.0 Å². The average Bonchev–Trinajstić information content (AvgIpc) is 3.27. The van der Waals surface area contributed by atoms with E-state index in [2.05, 4.69) is 36.9 Å². The Morgan fingerprint density at radius 2 is 1.72 bits per heavy atom. The zero-order valence-electron chi connectivity index (χ0n) is 18.7. The topological polar surface area (TPSA) is 45.6 Å². The van der Waals surface area contributed by atoms with Gasteiger partial charge in [0.1, 0.15) is 0 Å². The number of rotatable bonds is 3. The number of carbonyl (C=O) groups is 1. The van der Waals surface area contributed by atoms with Gasteiger partial charge in [-0.25, -0.2) is 0 Å². The number of nitrogens with zero attached hydrogens (tertiary/aromatic N) is 3. The van der Waals surface area contributed by atoms with Crippen molar-refractivity contribution in [1.29, 1.82) is 0 Å². The highest BCUT2D eigenvalue weighted by molar-refractivity contribution is 7.21. The largest absolute Gasteiger partial charge is 0.368 e. The van der Waals surface area contributed by atoms with Gasteiger partial charge in [0.25, 0.3) is 11.5 Å². The fourth-order valence-corrected chi connectivity index (χ4v) is 5.84. The summed E-state index contributed by atoms with van der Waals surface area (Å²) in [6, 6.07) is 16.3. The maximum absolute atomic E-state index is 13.3. The van der Waals surface area contributed by atoms with Crippen molar-refractivity contribution in [2.75, 3.05) is 31.1 Å². The third-order valence-corrected chi connectivity index (χ3v) is 7.60. The Labute approximate surface area is 191 Å². The van der Waals surface area contributed by atoms with Crippen LogP contribution in [0.15, 0.2) is 53.3 Å². The van der Waals surface area contributed by atoms with Crippen LogP contribution in [-0.2, 0) is 6.54 Å². The van der Waals surface area contributed by atoms with E-state index in [4.69, 9.17) is 0 Å². The van der Waals surface area contributed by atoms with E-state index in [1.807, 2.05) is 36.1 Å². The van der Waals surface area contributed by atoms with Crippen LogP contribution < -0.4 is 10.5 Å². The predicted octanol–water partition coefficient (Wildman–Crippen LogP) is 4.82. The summed E-state index contributed by atoms with van der Waals surface area (Å²) >= 11 is 1.45. The highest BCUT2D eigenvalue weighted by Crippen LogP contribution is 2.32. The van der Waals surface area contributed by atoms with Crippen LogP contribution in [0.5, 0.6) is 0 Å². The number of carbonyl (C=O) groups excluding carboxylic acids is 1. The number of hydrogen-bond acceptors (Lipinski definition) is 4. The van der Waals surface area contributed by atoms with Crippen LogP contribution in [0.3, 0.4) is 0 Å². The Kier molecular flexibility index (Phi) is 5.25. The molecular formula is C26H27N3O2S. The molecule has 2 aromatic carbocycles. The van der Waals surface area contributed by atoms with Gasteiger partial charge in [0.05, 0.1) is 15.8 Å². The summed E-state index contributed by atoms with van der Waals surface area (Å²) < 4.78 is 2.70. The van der Waals surface area contributed by atoms with E-state index >= 15 is 0 Å². The molecule has 164 valence electrons. The number of amides is 1. The number of thiophene rings is 1. The van der Waals surface area contributed by atoms with E-state index in [1.54, 1.807) is 10.6 Å². The van der Waals surface area contributed by atoms with Crippen LogP contribution >= 0.6 is 11.3 Å². The van der Waals surface area contributed by atoms with Crippen molar-refractivity contribution >= 4 is 43.9 Å². The van der Waals surface area contributed by atoms with Crippen molar-refractivity contribution in [3.63, 3.8) is 0 Å². The Hall–Kier alpha value is -3.12. The molecule has 4 aromatic rings. The molecule has 1 fully saturated rings. The van der Waals surface area contributed by atoms with E-state index in [9.17, 15) is 9.59 Å². The number of fused-ring (bicyclic) bond motifs is 3. The number of piperazine rings is 1. The molecule has 0 bridgehead atoms. The predicted molar refractivity (Wildman–Crippen MR) is 133 cm³/mol. The molecule has 0 aliphatic carbocycles. The minimum atomic E-state index is -0.0174. The Bertz CT molecular complexity index is 1390. The van der Waals surface area contributed by atoms with Gasteiger partial charge in [0, 0.05) is 48.5 Å². The van der Waals surface area contributed by atoms with Gasteiger partial charge in [-0.05, 0) is 50.1 Å². The molecule has 32 heavy (non-hydrogen) atoms. The van der Waals surface area contributed by atoms with E-state index < -0.39 is 0 Å². The molecule has 0 radical (unpaired) electrons. The summed E-state index contributed by atoms with van der Waals surface area (Å²) in [5, 5.41) is 1.68. The second-order valence-electron chi connectivity index (χ2n) is 8.49. The first-order valence-electron chi connectivity index (χ1n) is 11.1. The third-order valence-electron chi connectivity index (χ3n) is 6.45. The lowest BCUT2D eigenvalue weighted by atomic mass is 10.1. The minimum Gasteiger partial charge on any atom is -0.368 e. The van der Waals surface area contributed by atoms with Gasteiger partial charge in [-0.15, -0.1) is 11.3 Å². The number of anilines is 1. The fourth-order valence-electron chi connectivity index (χ4n) is 4.69. The molecule has 1 amide bonds. The van der Waals surface area contributed by atoms with Gasteiger partial charge >= 0.3 is 0 Å². The molecule has 1 aliphatic heterocycles. The lowest BCUT2D eigenvalue weighted by Crippen LogP contribution is -2.48. The first kappa shape index (κ1) is 20.8. The molecule has 5 rings (SSSR count). The lowest BCUT2D eigenvalue weighted by Gasteiger charge is -2.36. The molecule has 0 spiro atoms. The second-order valence-corrected chi connectivity index (χ2v) is 9.54. The molecular weight excluding hydrogens is 418 g/mol. The lowest BCUT2D eigenvalue weighted by molar-refractivity contribution is 0.0751. The first-order valence-corrected chi connectivity index (χ1v) is 12.0. The zero-order chi connectivity index (χ0) is 22.4. The number of benzene rings is 2. The van der Waals surface area contributed by atoms with Crippen molar-refractivity contribution in [3.05, 3.63) is 74.9 Å². The van der Waals surface area contributed by atoms with Crippen molar-refractivity contribution in [2.24, 2.45) is 0 Å². The summed E-state index contributed by atoms with van der Waals surface area (Å²) in [5.41, 5.74) is 4.68. The first-order chi connectivity index (χ1) is 15.5. The number of para-hydroxylation sites is 1. The van der Waals surface area contributed by atoms with Gasteiger partial charge in [0.2, 0.25) is 0 Å². The van der Waals surface area contributed by atoms with Gasteiger partial charge in [-0.1, -0.05) is 30.3 Å². The Balaban J connectivity index is 1.44. The molecule has 0 saturated carbocycles. The van der Waals surface area contributed by atoms with Crippen LogP contribution in [-0.4, -0.2) is 41.6 Å². The molecule has 6 heteroatoms. The van der Waals surface area contributed by atoms with E-state index in [0.717, 1.165) is 28.7 Å². The molecule has 0 N–H and O–H groups in total. The second kappa shape index (κ2) is 8.10. The van der Waals surface area contributed by atoms with Crippen molar-refractivity contribution in [1.82, 2.24) is 9.47 Å². The standard InChI is InChI=1S/C26H27N3O2S/c1-4-29-21-8-6-5-7-19(21)24-20(25(29)30)16-23(32-24)26(31)28-13-11-27(12-14-28)22-15-17(2)9-10-18(22)3/h5-10,15-16H,4,11-14H2,1-3H3. The highest BCUT2D eigenvalue weighted by atomic mass is 32.1. The van der Waals surface area contributed by atoms with Gasteiger partial charge in [-0.3, -0.25) is 9.59 Å². The molecule has 2 aromatic heterocycles. The van der Waals surface area contributed by atoms with Crippen LogP contribution in [0.2, 0.25) is 0 Å². The maximum atomic E-state index is 13.3. The van der Waals surface area contributed by atoms with Crippen LogP contribution in [0.1, 0.15) is 27.7 Å². The number of hydrogen-bond donors (Lipinski definition) is 0. The molecule has 1 saturated heterocycles. The number of aromatic nitrogens is 1. The molecule has 0 atom stereocenters. The molecule has 1 aliphatic rings. The minimum absolute atomic E-state index is 0.0174. The summed E-state index contributed by atoms with van der Waals surface area (Å²) in [4.78, 5) is 31.4. The number of pyridine rings is 1. The van der Waals surface area contributed by atoms with E-state index in [0.29, 0.717) is 29.9 Å². The average molecular weight is 446 g/mol. The summed E-state index contributed by atoms with van der Waals surface area (Å²) in [6.45, 7) is 9.82. The summed E-state index contributed by atoms with van der Waals surface area (Å²) in [7, 11) is 0. The fraction of sp³-hybridized carbons (Fsp3) is 0.308. The zero-order valence-corrected chi connectivity index (χ0v) is 19.5. The van der Waals surface area contributed by atoms with E-state index in [1.165, 1.54) is 28.2 Å². The van der Waals surface area contributed by atoms with Gasteiger partial charge in [0.15, 0.2) is 0 Å². The monoisotopic (exact) mass is 445 g/mol. The molecule has 0 unspecified atom stereocenters. The Morgan fingerprint density at radius 1 is 0.969 bits per heavy atom. The summed E-state index contributed by atoms with van der Waals surface area (Å²) in [5.74, 6) is 0.0262. The summed E-state index contributed by atoms with van der Waals surface area (Å²) in [6.07, 6.45) is 0. The third kappa shape index (κ3) is 3.39. The normalized spacial score (nSPS) is 14.5. The van der Waals surface area contributed by atoms with Crippen molar-refractivity contribution in [2.45, 2.75) is 27.3 Å². The van der Waals surface area contributed by atoms with Crippen molar-refractivity contribution < 1.29 is 4.79 Å².